The van der Waals surface area contributed by atoms with Gasteiger partial charge in [-0.25, -0.2) is 8.78 Å². The fourth-order valence-corrected chi connectivity index (χ4v) is 7.96. The molecule has 0 heterocycles. The maximum Gasteiger partial charge on any atom is 0.121 e. The molecule has 4 rings (SSSR count). The topological polar surface area (TPSA) is 17.1 Å². The van der Waals surface area contributed by atoms with Crippen molar-refractivity contribution in [3.05, 3.63) is 71.8 Å². The molecule has 0 aliphatic heterocycles. The molecule has 4 atom stereocenters. The van der Waals surface area contributed by atoms with E-state index in [2.05, 4.69) is 0 Å². The molecule has 2 saturated carbocycles. The van der Waals surface area contributed by atoms with Gasteiger partial charge in [-0.2, -0.15) is 0 Å². The average Bonchev–Trinajstić information content (AvgIpc) is 2.75. The molecule has 2 aliphatic carbocycles. The van der Waals surface area contributed by atoms with Gasteiger partial charge in [0.25, 0.3) is 0 Å². The third kappa shape index (κ3) is 3.04. The molecule has 4 unspecified atom stereocenters. The van der Waals surface area contributed by atoms with Crippen LogP contribution in [0.2, 0.25) is 0 Å². The van der Waals surface area contributed by atoms with Gasteiger partial charge < -0.3 is 0 Å². The van der Waals surface area contributed by atoms with Gasteiger partial charge in [0.2, 0.25) is 0 Å². The second-order valence-corrected chi connectivity index (χ2v) is 10.2. The summed E-state index contributed by atoms with van der Waals surface area (Å²) in [5, 5.41) is 0. The first-order valence-corrected chi connectivity index (χ1v) is 11.6. The number of hydrogen-bond acceptors (Lipinski definition) is 1. The lowest BCUT2D eigenvalue weighted by molar-refractivity contribution is 0.163. The van der Waals surface area contributed by atoms with Crippen LogP contribution in [0.3, 0.4) is 0 Å². The van der Waals surface area contributed by atoms with Crippen LogP contribution in [0.4, 0.5) is 8.78 Å². The normalized spacial score (nSPS) is 34.6. The van der Waals surface area contributed by atoms with Crippen LogP contribution >= 0.6 is 0 Å². The van der Waals surface area contributed by atoms with Crippen LogP contribution in [0.15, 0.2) is 60.7 Å². The van der Waals surface area contributed by atoms with E-state index in [-0.39, 0.29) is 0 Å². The summed E-state index contributed by atoms with van der Waals surface area (Å²) in [4.78, 5) is 0. The number of halogens is 2. The zero-order chi connectivity index (χ0) is 19.6. The number of alkyl halides is 2. The fourth-order valence-electron chi connectivity index (χ4n) is 5.25. The van der Waals surface area contributed by atoms with Crippen molar-refractivity contribution in [1.82, 2.24) is 0 Å². The summed E-state index contributed by atoms with van der Waals surface area (Å²) in [5.41, 5.74) is 1.52. The highest BCUT2D eigenvalue weighted by Crippen LogP contribution is 2.54. The van der Waals surface area contributed by atoms with Gasteiger partial charge in [-0.1, -0.05) is 86.3 Å². The highest BCUT2D eigenvalue weighted by molar-refractivity contribution is 7.87. The third-order valence-corrected chi connectivity index (χ3v) is 9.42. The van der Waals surface area contributed by atoms with Crippen molar-refractivity contribution in [1.29, 1.82) is 0 Å². The molecule has 0 N–H and O–H groups in total. The summed E-state index contributed by atoms with van der Waals surface area (Å²) in [5.74, 6) is 0. The Labute approximate surface area is 169 Å². The number of hydrogen-bond donors (Lipinski definition) is 0. The van der Waals surface area contributed by atoms with Crippen molar-refractivity contribution >= 4 is 10.8 Å². The van der Waals surface area contributed by atoms with E-state index in [4.69, 9.17) is 0 Å². The lowest BCUT2D eigenvalue weighted by Crippen LogP contribution is -2.55. The molecule has 2 aliphatic rings. The molecule has 150 valence electrons. The largest absolute Gasteiger partial charge is 0.258 e. The predicted molar refractivity (Wildman–Crippen MR) is 111 cm³/mol. The van der Waals surface area contributed by atoms with Gasteiger partial charge in [0.1, 0.15) is 21.8 Å². The van der Waals surface area contributed by atoms with Crippen molar-refractivity contribution in [2.24, 2.45) is 0 Å². The van der Waals surface area contributed by atoms with Crippen LogP contribution in [-0.4, -0.2) is 16.6 Å². The first-order valence-electron chi connectivity index (χ1n) is 10.4. The van der Waals surface area contributed by atoms with Gasteiger partial charge in [-0.15, -0.1) is 0 Å². The maximum absolute atomic E-state index is 15.7. The van der Waals surface area contributed by atoms with Gasteiger partial charge >= 0.3 is 0 Å². The predicted octanol–water partition coefficient (Wildman–Crippen LogP) is 6.35. The van der Waals surface area contributed by atoms with Crippen molar-refractivity contribution in [3.63, 3.8) is 0 Å². The van der Waals surface area contributed by atoms with Crippen molar-refractivity contribution in [2.45, 2.75) is 73.2 Å². The molecule has 0 spiro atoms. The number of benzene rings is 2. The zero-order valence-electron chi connectivity index (χ0n) is 16.2. The molecule has 2 fully saturated rings. The van der Waals surface area contributed by atoms with E-state index in [0.717, 1.165) is 36.8 Å². The lowest BCUT2D eigenvalue weighted by Gasteiger charge is -2.49. The van der Waals surface area contributed by atoms with Crippen LogP contribution < -0.4 is 0 Å². The highest BCUT2D eigenvalue weighted by atomic mass is 32.2. The van der Waals surface area contributed by atoms with Gasteiger partial charge in [-0.3, -0.25) is 4.21 Å². The zero-order valence-corrected chi connectivity index (χ0v) is 17.0. The van der Waals surface area contributed by atoms with Gasteiger partial charge in [0.05, 0.1) is 0 Å². The molecular formula is C24H28F2OS. The van der Waals surface area contributed by atoms with E-state index < -0.39 is 32.6 Å². The monoisotopic (exact) mass is 402 g/mol. The smallest absolute Gasteiger partial charge is 0.121 e. The first kappa shape index (κ1) is 19.8. The molecule has 28 heavy (non-hydrogen) atoms. The minimum atomic E-state index is -1.72. The molecule has 0 aromatic heterocycles. The number of rotatable bonds is 4. The Morgan fingerprint density at radius 1 is 0.679 bits per heavy atom. The van der Waals surface area contributed by atoms with Crippen molar-refractivity contribution in [3.8, 4) is 0 Å². The van der Waals surface area contributed by atoms with Crippen molar-refractivity contribution < 1.29 is 13.0 Å². The van der Waals surface area contributed by atoms with E-state index >= 15 is 8.78 Å². The molecule has 1 nitrogen and oxygen atoms in total. The van der Waals surface area contributed by atoms with E-state index in [1.807, 2.05) is 60.7 Å². The van der Waals surface area contributed by atoms with Crippen LogP contribution in [0.1, 0.15) is 62.5 Å². The van der Waals surface area contributed by atoms with Crippen molar-refractivity contribution in [2.75, 3.05) is 0 Å². The van der Waals surface area contributed by atoms with E-state index in [0.29, 0.717) is 25.7 Å². The Hall–Kier alpha value is -1.55. The van der Waals surface area contributed by atoms with Gasteiger partial charge in [-0.05, 0) is 36.8 Å². The first-order chi connectivity index (χ1) is 13.6. The maximum atomic E-state index is 15.7. The fraction of sp³-hybridized carbons (Fsp3) is 0.500. The molecule has 0 bridgehead atoms. The molecule has 2 aromatic rings. The molecule has 4 heteroatoms. The Balaban J connectivity index is 1.91. The summed E-state index contributed by atoms with van der Waals surface area (Å²) < 4.78 is 43.5. The van der Waals surface area contributed by atoms with Crippen LogP contribution in [0.25, 0.3) is 0 Å². The van der Waals surface area contributed by atoms with E-state index in [1.54, 1.807) is 0 Å². The summed E-state index contributed by atoms with van der Waals surface area (Å²) in [7, 11) is -1.72. The highest BCUT2D eigenvalue weighted by Gasteiger charge is 2.59. The van der Waals surface area contributed by atoms with Crippen LogP contribution in [-0.2, 0) is 20.3 Å². The Morgan fingerprint density at radius 3 is 1.43 bits per heavy atom. The quantitative estimate of drug-likeness (QED) is 0.582. The van der Waals surface area contributed by atoms with Crippen LogP contribution in [0.5, 0.6) is 0 Å². The third-order valence-electron chi connectivity index (χ3n) is 6.71. The molecule has 0 amide bonds. The van der Waals surface area contributed by atoms with E-state index in [9.17, 15) is 4.21 Å². The van der Waals surface area contributed by atoms with Gasteiger partial charge in [0.15, 0.2) is 0 Å². The standard InChI is InChI=1S/C24H28F2OS/c25-21-15-7-9-17-23(21,19-11-3-1-4-12-19)28(27)24(18-10-8-16-22(24)26)20-13-5-2-6-14-20/h1-6,11-14,21-22H,7-10,15-18H2. The summed E-state index contributed by atoms with van der Waals surface area (Å²) in [6, 6.07) is 18.8. The van der Waals surface area contributed by atoms with Gasteiger partial charge in [0, 0.05) is 10.8 Å². The average molecular weight is 403 g/mol. The SMILES string of the molecule is O=S(C1(c2ccccc2)CCCCC1F)C1(c2ccccc2)CCCCC1F. The molecule has 0 saturated heterocycles. The Morgan fingerprint density at radius 2 is 1.07 bits per heavy atom. The molecular weight excluding hydrogens is 374 g/mol. The van der Waals surface area contributed by atoms with E-state index in [1.165, 1.54) is 0 Å². The lowest BCUT2D eigenvalue weighted by atomic mass is 9.80. The summed E-state index contributed by atoms with van der Waals surface area (Å²) >= 11 is 0. The molecule has 2 aromatic carbocycles. The molecule has 0 radical (unpaired) electrons. The Bertz CT molecular complexity index is 744. The minimum absolute atomic E-state index is 0.391. The Kier molecular flexibility index (Phi) is 5.69. The second-order valence-electron chi connectivity index (χ2n) is 8.21. The van der Waals surface area contributed by atoms with Crippen LogP contribution in [0, 0.1) is 0 Å². The minimum Gasteiger partial charge on any atom is -0.258 e. The second kappa shape index (κ2) is 8.06. The summed E-state index contributed by atoms with van der Waals surface area (Å²) in [6.07, 6.45) is 2.59. The summed E-state index contributed by atoms with van der Waals surface area (Å²) in [6.45, 7) is 0.